The topological polar surface area (TPSA) is 67.2 Å². The van der Waals surface area contributed by atoms with Crippen LogP contribution in [0, 0.1) is 6.92 Å². The highest BCUT2D eigenvalue weighted by molar-refractivity contribution is 5.75. The molecule has 3 rings (SSSR count). The number of piperidine rings is 1. The van der Waals surface area contributed by atoms with Gasteiger partial charge in [0.15, 0.2) is 0 Å². The van der Waals surface area contributed by atoms with Crippen molar-refractivity contribution < 1.29 is 4.79 Å². The highest BCUT2D eigenvalue weighted by Crippen LogP contribution is 2.15. The molecule has 26 heavy (non-hydrogen) atoms. The van der Waals surface area contributed by atoms with Crippen LogP contribution in [0.1, 0.15) is 24.8 Å². The van der Waals surface area contributed by atoms with Gasteiger partial charge in [-0.1, -0.05) is 36.2 Å². The molecule has 6 nitrogen and oxygen atoms in total. The van der Waals surface area contributed by atoms with E-state index >= 15 is 0 Å². The second kappa shape index (κ2) is 8.76. The van der Waals surface area contributed by atoms with Crippen LogP contribution in [0.5, 0.6) is 0 Å². The predicted molar refractivity (Wildman–Crippen MR) is 102 cm³/mol. The molecule has 1 saturated heterocycles. The van der Waals surface area contributed by atoms with E-state index in [0.717, 1.165) is 30.8 Å². The van der Waals surface area contributed by atoms with Crippen molar-refractivity contribution in [2.75, 3.05) is 26.2 Å². The van der Waals surface area contributed by atoms with E-state index in [1.165, 1.54) is 30.0 Å². The molecule has 1 aromatic carbocycles. The second-order valence-electron chi connectivity index (χ2n) is 6.83. The Morgan fingerprint density at radius 1 is 1.08 bits per heavy atom. The van der Waals surface area contributed by atoms with E-state index in [0.29, 0.717) is 12.2 Å². The van der Waals surface area contributed by atoms with Gasteiger partial charge >= 0.3 is 0 Å². The summed E-state index contributed by atoms with van der Waals surface area (Å²) in [6.45, 7) is 5.64. The van der Waals surface area contributed by atoms with Crippen LogP contribution < -0.4 is 10.9 Å². The van der Waals surface area contributed by atoms with Crippen molar-refractivity contribution in [3.63, 3.8) is 0 Å². The average molecular weight is 354 g/mol. The lowest BCUT2D eigenvalue weighted by atomic mass is 10.1. The maximum atomic E-state index is 12.2. The van der Waals surface area contributed by atoms with Crippen LogP contribution in [0.15, 0.2) is 41.2 Å². The van der Waals surface area contributed by atoms with E-state index in [1.54, 1.807) is 6.07 Å². The number of hydrogen-bond donors (Lipinski definition) is 1. The van der Waals surface area contributed by atoms with Crippen molar-refractivity contribution >= 4 is 5.91 Å². The van der Waals surface area contributed by atoms with Crippen LogP contribution >= 0.6 is 0 Å². The molecular formula is C20H26N4O2. The fraction of sp³-hybridized carbons (Fsp3) is 0.450. The molecule has 0 atom stereocenters. The van der Waals surface area contributed by atoms with E-state index < -0.39 is 0 Å². The van der Waals surface area contributed by atoms with Crippen LogP contribution in [0.2, 0.25) is 0 Å². The van der Waals surface area contributed by atoms with Crippen molar-refractivity contribution in [3.05, 3.63) is 52.3 Å². The first-order valence-electron chi connectivity index (χ1n) is 9.26. The fourth-order valence-electron chi connectivity index (χ4n) is 3.17. The third-order valence-electron chi connectivity index (χ3n) is 4.71. The summed E-state index contributed by atoms with van der Waals surface area (Å²) in [5.41, 5.74) is 2.50. The zero-order valence-electron chi connectivity index (χ0n) is 15.3. The first-order valence-corrected chi connectivity index (χ1v) is 9.26. The summed E-state index contributed by atoms with van der Waals surface area (Å²) in [6, 6.07) is 11.1. The maximum Gasteiger partial charge on any atom is 0.267 e. The molecule has 1 N–H and O–H groups in total. The van der Waals surface area contributed by atoms with Crippen LogP contribution in [-0.2, 0) is 11.3 Å². The van der Waals surface area contributed by atoms with Gasteiger partial charge < -0.3 is 10.2 Å². The molecule has 0 bridgehead atoms. The van der Waals surface area contributed by atoms with Crippen LogP contribution in [0.3, 0.4) is 0 Å². The van der Waals surface area contributed by atoms with Gasteiger partial charge in [-0.05, 0) is 38.9 Å². The molecule has 0 radical (unpaired) electrons. The number of likely N-dealkylation sites (tertiary alicyclic amines) is 1. The fourth-order valence-corrected chi connectivity index (χ4v) is 3.17. The monoisotopic (exact) mass is 354 g/mol. The van der Waals surface area contributed by atoms with Gasteiger partial charge in [-0.2, -0.15) is 5.10 Å². The lowest BCUT2D eigenvalue weighted by molar-refractivity contribution is -0.121. The SMILES string of the molecule is Cc1ccc(-c2ccc(=O)n(CC(=O)NCCN3CCCCC3)n2)cc1. The van der Waals surface area contributed by atoms with E-state index in [4.69, 9.17) is 0 Å². The Morgan fingerprint density at radius 2 is 1.81 bits per heavy atom. The van der Waals surface area contributed by atoms with Crippen molar-refractivity contribution in [2.24, 2.45) is 0 Å². The van der Waals surface area contributed by atoms with Crippen molar-refractivity contribution in [2.45, 2.75) is 32.7 Å². The summed E-state index contributed by atoms with van der Waals surface area (Å²) < 4.78 is 1.23. The quantitative estimate of drug-likeness (QED) is 0.859. The normalized spacial score (nSPS) is 15.0. The van der Waals surface area contributed by atoms with Crippen LogP contribution in [0.4, 0.5) is 0 Å². The number of carbonyl (C=O) groups is 1. The van der Waals surface area contributed by atoms with Gasteiger partial charge in [0, 0.05) is 24.7 Å². The lowest BCUT2D eigenvalue weighted by Gasteiger charge is -2.26. The molecule has 1 aliphatic rings. The van der Waals surface area contributed by atoms with Crippen molar-refractivity contribution in [1.29, 1.82) is 0 Å². The second-order valence-corrected chi connectivity index (χ2v) is 6.83. The molecule has 6 heteroatoms. The van der Waals surface area contributed by atoms with E-state index in [9.17, 15) is 9.59 Å². The molecule has 0 spiro atoms. The average Bonchev–Trinajstić information content (AvgIpc) is 2.65. The highest BCUT2D eigenvalue weighted by atomic mass is 16.2. The standard InChI is InChI=1S/C20H26N4O2/c1-16-5-7-17(8-6-16)18-9-10-20(26)24(22-18)15-19(25)21-11-14-23-12-3-2-4-13-23/h5-10H,2-4,11-15H2,1H3,(H,21,25). The first kappa shape index (κ1) is 18.3. The molecule has 0 unspecified atom stereocenters. The summed E-state index contributed by atoms with van der Waals surface area (Å²) in [5.74, 6) is -0.183. The summed E-state index contributed by atoms with van der Waals surface area (Å²) in [6.07, 6.45) is 3.77. The van der Waals surface area contributed by atoms with E-state index in [1.807, 2.05) is 31.2 Å². The minimum Gasteiger partial charge on any atom is -0.353 e. The number of amides is 1. The van der Waals surface area contributed by atoms with Crippen molar-refractivity contribution in [3.8, 4) is 11.3 Å². The predicted octanol–water partition coefficient (Wildman–Crippen LogP) is 1.82. The Balaban J connectivity index is 1.58. The number of benzene rings is 1. The van der Waals surface area contributed by atoms with E-state index in [-0.39, 0.29) is 18.0 Å². The molecule has 1 amide bonds. The molecule has 138 valence electrons. The van der Waals surface area contributed by atoms with Gasteiger partial charge in [0.1, 0.15) is 6.54 Å². The van der Waals surface area contributed by atoms with Crippen LogP contribution in [0.25, 0.3) is 11.3 Å². The summed E-state index contributed by atoms with van der Waals surface area (Å²) >= 11 is 0. The zero-order chi connectivity index (χ0) is 18.4. The van der Waals surface area contributed by atoms with Crippen LogP contribution in [-0.4, -0.2) is 46.8 Å². The number of rotatable bonds is 6. The Kier molecular flexibility index (Phi) is 6.17. The molecule has 1 aromatic heterocycles. The third kappa shape index (κ3) is 5.02. The third-order valence-corrected chi connectivity index (χ3v) is 4.71. The van der Waals surface area contributed by atoms with Gasteiger partial charge in [-0.15, -0.1) is 0 Å². The summed E-state index contributed by atoms with van der Waals surface area (Å²) in [4.78, 5) is 26.6. The lowest BCUT2D eigenvalue weighted by Crippen LogP contribution is -2.39. The number of aromatic nitrogens is 2. The molecule has 1 fully saturated rings. The largest absolute Gasteiger partial charge is 0.353 e. The summed E-state index contributed by atoms with van der Waals surface area (Å²) in [5, 5.41) is 7.24. The molecule has 2 heterocycles. The number of aryl methyl sites for hydroxylation is 1. The van der Waals surface area contributed by atoms with E-state index in [2.05, 4.69) is 15.3 Å². The molecule has 1 aliphatic heterocycles. The number of nitrogens with one attached hydrogen (secondary N) is 1. The Bertz CT molecular complexity index is 792. The number of nitrogens with zero attached hydrogens (tertiary/aromatic N) is 3. The number of carbonyl (C=O) groups excluding carboxylic acids is 1. The smallest absolute Gasteiger partial charge is 0.267 e. The zero-order valence-corrected chi connectivity index (χ0v) is 15.3. The van der Waals surface area contributed by atoms with Gasteiger partial charge in [-0.25, -0.2) is 4.68 Å². The maximum absolute atomic E-state index is 12.2. The Labute approximate surface area is 153 Å². The molecule has 0 saturated carbocycles. The number of hydrogen-bond acceptors (Lipinski definition) is 4. The van der Waals surface area contributed by atoms with Gasteiger partial charge in [0.25, 0.3) is 5.56 Å². The Hall–Kier alpha value is -2.47. The van der Waals surface area contributed by atoms with Gasteiger partial charge in [0.05, 0.1) is 5.69 Å². The molecule has 0 aliphatic carbocycles. The van der Waals surface area contributed by atoms with Gasteiger partial charge in [-0.3, -0.25) is 9.59 Å². The minimum absolute atomic E-state index is 0.0570. The van der Waals surface area contributed by atoms with Gasteiger partial charge in [0.2, 0.25) is 5.91 Å². The molecular weight excluding hydrogens is 328 g/mol. The minimum atomic E-state index is -0.271. The first-order chi connectivity index (χ1) is 12.6. The molecule has 2 aromatic rings. The van der Waals surface area contributed by atoms with Crippen molar-refractivity contribution in [1.82, 2.24) is 20.0 Å². The highest BCUT2D eigenvalue weighted by Gasteiger charge is 2.11. The summed E-state index contributed by atoms with van der Waals surface area (Å²) in [7, 11) is 0. The Morgan fingerprint density at radius 3 is 2.54 bits per heavy atom.